The average Bonchev–Trinajstić information content (AvgIpc) is 1.99. The number of thiol groups is 1. The van der Waals surface area contributed by atoms with Crippen LogP contribution in [0, 0.1) is 5.41 Å². The van der Waals surface area contributed by atoms with E-state index in [0.717, 1.165) is 0 Å². The van der Waals surface area contributed by atoms with Crippen LogP contribution >= 0.6 is 12.6 Å². The molecule has 3 N–H and O–H groups in total. The molecule has 0 rings (SSSR count). The second-order valence-corrected chi connectivity index (χ2v) is 6.14. The summed E-state index contributed by atoms with van der Waals surface area (Å²) in [6, 6.07) is 0. The maximum atomic E-state index is 7.58. The Morgan fingerprint density at radius 1 is 1.25 bits per heavy atom. The van der Waals surface area contributed by atoms with Crippen molar-refractivity contribution in [1.29, 1.82) is 5.41 Å². The van der Waals surface area contributed by atoms with Gasteiger partial charge in [0.1, 0.15) is 0 Å². The lowest BCUT2D eigenvalue weighted by atomic mass is 9.80. The predicted octanol–water partition coefficient (Wildman–Crippen LogP) is 2.34. The van der Waals surface area contributed by atoms with Crippen molar-refractivity contribution in [3.05, 3.63) is 11.2 Å². The maximum absolute atomic E-state index is 7.58. The van der Waals surface area contributed by atoms with Gasteiger partial charge in [0.25, 0.3) is 0 Å². The molecule has 16 heavy (non-hydrogen) atoms. The molecule has 0 aliphatic carbocycles. The quantitative estimate of drug-likeness (QED) is 0.393. The van der Waals surface area contributed by atoms with Crippen LogP contribution in [0.1, 0.15) is 41.5 Å². The monoisotopic (exact) mass is 241 g/mol. The second kappa shape index (κ2) is 5.28. The number of hydrogen-bond acceptors (Lipinski definition) is 4. The van der Waals surface area contributed by atoms with E-state index in [9.17, 15) is 0 Å². The smallest absolute Gasteiger partial charge is 0.334 e. The molecular formula is C11H22BN2OS. The Balaban J connectivity index is 4.69. The zero-order valence-corrected chi connectivity index (χ0v) is 11.9. The van der Waals surface area contributed by atoms with Gasteiger partial charge in [0.05, 0.1) is 5.60 Å². The molecule has 0 spiro atoms. The molecule has 0 amide bonds. The third-order valence-electron chi connectivity index (χ3n) is 2.77. The van der Waals surface area contributed by atoms with E-state index in [4.69, 9.17) is 15.8 Å². The van der Waals surface area contributed by atoms with Gasteiger partial charge in [-0.15, -0.1) is 0 Å². The molecule has 1 radical (unpaired) electrons. The van der Waals surface area contributed by atoms with Crippen LogP contribution < -0.4 is 5.73 Å². The first kappa shape index (κ1) is 15.6. The van der Waals surface area contributed by atoms with Gasteiger partial charge >= 0.3 is 7.48 Å². The minimum atomic E-state index is -0.438. The molecule has 0 heterocycles. The zero-order chi connectivity index (χ0) is 13.1. The number of rotatable bonds is 5. The summed E-state index contributed by atoms with van der Waals surface area (Å²) in [7, 11) is 1.55. The molecule has 0 fully saturated rings. The average molecular weight is 241 g/mol. The van der Waals surface area contributed by atoms with E-state index in [0.29, 0.717) is 16.9 Å². The summed E-state index contributed by atoms with van der Waals surface area (Å²) in [5, 5.41) is 7.58. The fraction of sp³-hybridized carbons (Fsp3) is 0.727. The minimum absolute atomic E-state index is 0.285. The Bertz CT molecular complexity index is 302. The van der Waals surface area contributed by atoms with Gasteiger partial charge in [0, 0.05) is 16.2 Å². The first-order valence-electron chi connectivity index (χ1n) is 5.24. The molecular weight excluding hydrogens is 219 g/mol. The van der Waals surface area contributed by atoms with Crippen molar-refractivity contribution in [1.82, 2.24) is 0 Å². The van der Waals surface area contributed by atoms with Gasteiger partial charge in [-0.3, -0.25) is 0 Å². The molecule has 0 aromatic carbocycles. The van der Waals surface area contributed by atoms with Crippen molar-refractivity contribution >= 4 is 25.8 Å². The van der Waals surface area contributed by atoms with Crippen LogP contribution in [0.4, 0.5) is 0 Å². The van der Waals surface area contributed by atoms with Gasteiger partial charge < -0.3 is 15.8 Å². The Hall–Kier alpha value is -0.415. The molecule has 5 heteroatoms. The summed E-state index contributed by atoms with van der Waals surface area (Å²) in [6.45, 7) is 11.3. The van der Waals surface area contributed by atoms with Crippen LogP contribution in [-0.4, -0.2) is 23.5 Å². The highest BCUT2D eigenvalue weighted by Gasteiger charge is 2.34. The first-order valence-corrected chi connectivity index (χ1v) is 5.69. The fourth-order valence-electron chi connectivity index (χ4n) is 0.828. The van der Waals surface area contributed by atoms with Crippen LogP contribution in [-0.2, 0) is 4.65 Å². The lowest BCUT2D eigenvalue weighted by Gasteiger charge is -2.38. The third kappa shape index (κ3) is 4.22. The van der Waals surface area contributed by atoms with Crippen LogP contribution in [0.15, 0.2) is 11.2 Å². The molecule has 91 valence electrons. The van der Waals surface area contributed by atoms with E-state index in [1.165, 1.54) is 0 Å². The topological polar surface area (TPSA) is 59.1 Å². The molecule has 0 atom stereocenters. The van der Waals surface area contributed by atoms with Gasteiger partial charge in [-0.05, 0) is 47.0 Å². The van der Waals surface area contributed by atoms with E-state index in [2.05, 4.69) is 12.6 Å². The normalized spacial score (nSPS) is 14.4. The molecule has 0 aliphatic heterocycles. The van der Waals surface area contributed by atoms with Gasteiger partial charge in [0.15, 0.2) is 0 Å². The molecule has 0 saturated heterocycles. The van der Waals surface area contributed by atoms with Crippen molar-refractivity contribution in [2.24, 2.45) is 5.73 Å². The Morgan fingerprint density at radius 3 is 1.94 bits per heavy atom. The number of nitrogens with two attached hydrogens (primary N) is 1. The predicted molar refractivity (Wildman–Crippen MR) is 74.3 cm³/mol. The van der Waals surface area contributed by atoms with E-state index >= 15 is 0 Å². The van der Waals surface area contributed by atoms with E-state index < -0.39 is 5.60 Å². The molecule has 0 bridgehead atoms. The summed E-state index contributed by atoms with van der Waals surface area (Å²) in [4.78, 5) is 0. The third-order valence-corrected chi connectivity index (χ3v) is 3.31. The van der Waals surface area contributed by atoms with Gasteiger partial charge in [-0.1, -0.05) is 0 Å². The first-order chi connectivity index (χ1) is 6.99. The molecule has 3 nitrogen and oxygen atoms in total. The maximum Gasteiger partial charge on any atom is 0.334 e. The fourth-order valence-corrected chi connectivity index (χ4v) is 0.880. The second-order valence-electron chi connectivity index (χ2n) is 5.03. The summed E-state index contributed by atoms with van der Waals surface area (Å²) in [6.07, 6.45) is 0. The van der Waals surface area contributed by atoms with Gasteiger partial charge in [-0.2, -0.15) is 12.6 Å². The van der Waals surface area contributed by atoms with Crippen molar-refractivity contribution in [3.8, 4) is 0 Å². The lowest BCUT2D eigenvalue weighted by Crippen LogP contribution is -2.44. The van der Waals surface area contributed by atoms with Crippen molar-refractivity contribution in [3.63, 3.8) is 0 Å². The van der Waals surface area contributed by atoms with Crippen molar-refractivity contribution in [2.75, 3.05) is 0 Å². The molecule has 0 unspecified atom stereocenters. The van der Waals surface area contributed by atoms with E-state index in [1.54, 1.807) is 21.3 Å². The van der Waals surface area contributed by atoms with Crippen molar-refractivity contribution in [2.45, 2.75) is 51.9 Å². The Morgan fingerprint density at radius 2 is 1.69 bits per heavy atom. The summed E-state index contributed by atoms with van der Waals surface area (Å²) in [5.41, 5.74) is 6.86. The number of nitrogens with one attached hydrogen (secondary N) is 1. The lowest BCUT2D eigenvalue weighted by molar-refractivity contribution is 0.0847. The van der Waals surface area contributed by atoms with Crippen molar-refractivity contribution < 1.29 is 4.65 Å². The number of allylic oxidation sites excluding steroid dienone is 2. The van der Waals surface area contributed by atoms with Gasteiger partial charge in [0.2, 0.25) is 0 Å². The van der Waals surface area contributed by atoms with E-state index in [-0.39, 0.29) is 4.75 Å². The Kier molecular flexibility index (Phi) is 5.14. The highest BCUT2D eigenvalue weighted by Crippen LogP contribution is 2.31. The Labute approximate surface area is 105 Å². The summed E-state index contributed by atoms with van der Waals surface area (Å²) in [5.74, 6) is 0. The van der Waals surface area contributed by atoms with Gasteiger partial charge in [-0.25, -0.2) is 0 Å². The van der Waals surface area contributed by atoms with Crippen LogP contribution in [0.25, 0.3) is 0 Å². The molecule has 0 aromatic rings. The highest BCUT2D eigenvalue weighted by molar-refractivity contribution is 7.81. The minimum Gasteiger partial charge on any atom is -0.428 e. The number of hydrogen-bond donors (Lipinski definition) is 3. The zero-order valence-electron chi connectivity index (χ0n) is 11.0. The van der Waals surface area contributed by atoms with E-state index in [1.807, 2.05) is 27.7 Å². The van der Waals surface area contributed by atoms with Crippen LogP contribution in [0.3, 0.4) is 0 Å². The van der Waals surface area contributed by atoms with Crippen LogP contribution in [0.2, 0.25) is 0 Å². The largest absolute Gasteiger partial charge is 0.428 e. The summed E-state index contributed by atoms with van der Waals surface area (Å²) >= 11 is 4.50. The SMILES string of the molecule is CC(=N)/C([B]OC(C)(C)C(C)(C)S)=C(/C)N. The van der Waals surface area contributed by atoms with Crippen LogP contribution in [0.5, 0.6) is 0 Å². The standard InChI is InChI=1S/C11H22BN2OS/c1-7(13)9(8(2)14)12-15-10(3,4)11(5,6)16/h13,16H,14H2,1-6H3/b9-8+,13-7?. The molecule has 0 saturated carbocycles. The molecule has 0 aliphatic rings. The highest BCUT2D eigenvalue weighted by atomic mass is 32.1. The molecule has 0 aromatic heterocycles. The summed E-state index contributed by atoms with van der Waals surface area (Å²) < 4.78 is 5.41.